The third kappa shape index (κ3) is 13.9. The molecule has 0 aliphatic rings. The lowest BCUT2D eigenvalue weighted by molar-refractivity contribution is 0.0707. The monoisotopic (exact) mass is 345 g/mol. The Morgan fingerprint density at radius 1 is 0.792 bits per heavy atom. The summed E-state index contributed by atoms with van der Waals surface area (Å²) in [6.45, 7) is 2.25. The standard InChI is InChI=1S/C20H40FNO2/c1-2-3-4-5-6-7-8-9-10-11-12-13-14-15-18(23)20(22)19(24)16-17-21/h16-20,23-24H,2-15,22H2,1H3/b17-16+/t18-,19?,20+/m1/s1. The topological polar surface area (TPSA) is 66.5 Å². The molecular formula is C20H40FNO2. The minimum absolute atomic E-state index is 0.266. The second-order valence-corrected chi connectivity index (χ2v) is 6.99. The number of hydrogen-bond donors (Lipinski definition) is 3. The molecule has 0 aromatic carbocycles. The van der Waals surface area contributed by atoms with E-state index in [4.69, 9.17) is 5.73 Å². The molecule has 144 valence electrons. The molecule has 4 heteroatoms. The molecule has 24 heavy (non-hydrogen) atoms. The van der Waals surface area contributed by atoms with Crippen molar-refractivity contribution in [1.82, 2.24) is 0 Å². The molecule has 0 amide bonds. The van der Waals surface area contributed by atoms with Crippen molar-refractivity contribution in [2.45, 2.75) is 115 Å². The molecule has 0 spiro atoms. The van der Waals surface area contributed by atoms with Gasteiger partial charge in [-0.15, -0.1) is 0 Å². The summed E-state index contributed by atoms with van der Waals surface area (Å²) in [6, 6.07) is -0.811. The summed E-state index contributed by atoms with van der Waals surface area (Å²) >= 11 is 0. The molecule has 3 nitrogen and oxygen atoms in total. The summed E-state index contributed by atoms with van der Waals surface area (Å²) in [5.74, 6) is 0. The van der Waals surface area contributed by atoms with Gasteiger partial charge >= 0.3 is 0 Å². The highest BCUT2D eigenvalue weighted by atomic mass is 19.1. The van der Waals surface area contributed by atoms with Crippen LogP contribution in [0.25, 0.3) is 0 Å². The number of aliphatic hydroxyl groups is 2. The van der Waals surface area contributed by atoms with Crippen LogP contribution in [-0.4, -0.2) is 28.5 Å². The molecule has 0 aliphatic heterocycles. The molecule has 0 heterocycles. The average molecular weight is 346 g/mol. The van der Waals surface area contributed by atoms with Gasteiger partial charge in [0.15, 0.2) is 0 Å². The van der Waals surface area contributed by atoms with E-state index in [1.165, 1.54) is 70.6 Å². The van der Waals surface area contributed by atoms with Crippen molar-refractivity contribution >= 4 is 0 Å². The predicted molar refractivity (Wildman–Crippen MR) is 101 cm³/mol. The molecule has 0 fully saturated rings. The third-order valence-corrected chi connectivity index (χ3v) is 4.71. The lowest BCUT2D eigenvalue weighted by atomic mass is 9.99. The largest absolute Gasteiger partial charge is 0.391 e. The van der Waals surface area contributed by atoms with Gasteiger partial charge in [-0.3, -0.25) is 0 Å². The quantitative estimate of drug-likeness (QED) is 0.325. The number of halogens is 1. The Kier molecular flexibility index (Phi) is 17.0. The fourth-order valence-electron chi connectivity index (χ4n) is 2.99. The van der Waals surface area contributed by atoms with Crippen LogP contribution in [0.5, 0.6) is 0 Å². The van der Waals surface area contributed by atoms with Crippen LogP contribution < -0.4 is 5.73 Å². The predicted octanol–water partition coefficient (Wildman–Crippen LogP) is 5.00. The second-order valence-electron chi connectivity index (χ2n) is 6.99. The SMILES string of the molecule is CCCCCCCCCCCCCCC[C@@H](O)[C@H](N)C(O)/C=C/F. The minimum atomic E-state index is -1.12. The van der Waals surface area contributed by atoms with E-state index in [-0.39, 0.29) is 6.33 Å². The normalized spacial score (nSPS) is 15.7. The summed E-state index contributed by atoms with van der Waals surface area (Å²) in [7, 11) is 0. The minimum Gasteiger partial charge on any atom is -0.391 e. The van der Waals surface area contributed by atoms with Gasteiger partial charge in [0.2, 0.25) is 0 Å². The molecule has 0 aliphatic carbocycles. The van der Waals surface area contributed by atoms with E-state index in [0.29, 0.717) is 6.42 Å². The number of unbranched alkanes of at least 4 members (excludes halogenated alkanes) is 12. The van der Waals surface area contributed by atoms with E-state index in [9.17, 15) is 14.6 Å². The van der Waals surface area contributed by atoms with Gasteiger partial charge in [0.05, 0.1) is 24.6 Å². The van der Waals surface area contributed by atoms with Crippen LogP contribution in [0.15, 0.2) is 12.4 Å². The lowest BCUT2D eigenvalue weighted by Crippen LogP contribution is -2.43. The lowest BCUT2D eigenvalue weighted by Gasteiger charge is -2.21. The summed E-state index contributed by atoms with van der Waals surface area (Å²) < 4.78 is 12.0. The van der Waals surface area contributed by atoms with Crippen molar-refractivity contribution < 1.29 is 14.6 Å². The van der Waals surface area contributed by atoms with Crippen molar-refractivity contribution in [2.75, 3.05) is 0 Å². The smallest absolute Gasteiger partial charge is 0.0922 e. The van der Waals surface area contributed by atoms with Crippen molar-refractivity contribution in [3.05, 3.63) is 12.4 Å². The van der Waals surface area contributed by atoms with Gasteiger partial charge in [0.25, 0.3) is 0 Å². The van der Waals surface area contributed by atoms with Gasteiger partial charge in [0, 0.05) is 0 Å². The van der Waals surface area contributed by atoms with E-state index in [0.717, 1.165) is 18.9 Å². The molecule has 4 N–H and O–H groups in total. The Balaban J connectivity index is 3.33. The van der Waals surface area contributed by atoms with Crippen LogP contribution in [0, 0.1) is 0 Å². The molecule has 0 saturated heterocycles. The van der Waals surface area contributed by atoms with Crippen LogP contribution in [0.1, 0.15) is 96.8 Å². The van der Waals surface area contributed by atoms with E-state index in [1.807, 2.05) is 0 Å². The van der Waals surface area contributed by atoms with E-state index in [1.54, 1.807) is 0 Å². The zero-order valence-corrected chi connectivity index (χ0v) is 15.6. The van der Waals surface area contributed by atoms with Crippen molar-refractivity contribution in [1.29, 1.82) is 0 Å². The highest BCUT2D eigenvalue weighted by Gasteiger charge is 2.20. The number of nitrogens with two attached hydrogens (primary N) is 1. The Bertz CT molecular complexity index is 287. The number of hydrogen-bond acceptors (Lipinski definition) is 3. The highest BCUT2D eigenvalue weighted by Crippen LogP contribution is 2.14. The van der Waals surface area contributed by atoms with Crippen LogP contribution in [-0.2, 0) is 0 Å². The maximum atomic E-state index is 12.0. The Morgan fingerprint density at radius 3 is 1.62 bits per heavy atom. The zero-order valence-electron chi connectivity index (χ0n) is 15.6. The van der Waals surface area contributed by atoms with Crippen LogP contribution >= 0.6 is 0 Å². The molecule has 0 rings (SSSR count). The van der Waals surface area contributed by atoms with Crippen LogP contribution in [0.2, 0.25) is 0 Å². The van der Waals surface area contributed by atoms with Crippen molar-refractivity contribution in [2.24, 2.45) is 5.73 Å². The zero-order chi connectivity index (χ0) is 18.0. The third-order valence-electron chi connectivity index (χ3n) is 4.71. The summed E-state index contributed by atoms with van der Waals surface area (Å²) in [5.41, 5.74) is 5.68. The Hall–Kier alpha value is -0.450. The summed E-state index contributed by atoms with van der Waals surface area (Å²) in [6.07, 6.45) is 16.6. The van der Waals surface area contributed by atoms with Crippen molar-refractivity contribution in [3.63, 3.8) is 0 Å². The first-order valence-corrected chi connectivity index (χ1v) is 10.0. The molecule has 0 radical (unpaired) electrons. The van der Waals surface area contributed by atoms with E-state index in [2.05, 4.69) is 6.92 Å². The van der Waals surface area contributed by atoms with E-state index < -0.39 is 18.2 Å². The van der Waals surface area contributed by atoms with Gasteiger partial charge in [-0.05, 0) is 12.5 Å². The maximum Gasteiger partial charge on any atom is 0.0922 e. The summed E-state index contributed by atoms with van der Waals surface area (Å²) in [5, 5.41) is 19.3. The van der Waals surface area contributed by atoms with Gasteiger partial charge < -0.3 is 15.9 Å². The maximum absolute atomic E-state index is 12.0. The molecule has 0 aromatic heterocycles. The molecule has 0 bridgehead atoms. The average Bonchev–Trinajstić information content (AvgIpc) is 2.58. The molecular weight excluding hydrogens is 305 g/mol. The Morgan fingerprint density at radius 2 is 1.21 bits per heavy atom. The highest BCUT2D eigenvalue weighted by molar-refractivity contribution is 4.92. The number of rotatable bonds is 17. The number of aliphatic hydroxyl groups excluding tert-OH is 2. The first kappa shape index (κ1) is 23.5. The summed E-state index contributed by atoms with van der Waals surface area (Å²) in [4.78, 5) is 0. The molecule has 1 unspecified atom stereocenters. The molecule has 0 saturated carbocycles. The fourth-order valence-corrected chi connectivity index (χ4v) is 2.99. The second kappa shape index (κ2) is 17.4. The van der Waals surface area contributed by atoms with E-state index >= 15 is 0 Å². The van der Waals surface area contributed by atoms with Gasteiger partial charge in [-0.1, -0.05) is 90.4 Å². The van der Waals surface area contributed by atoms with Crippen molar-refractivity contribution in [3.8, 4) is 0 Å². The molecule has 0 aromatic rings. The van der Waals surface area contributed by atoms with Gasteiger partial charge in [0.1, 0.15) is 0 Å². The van der Waals surface area contributed by atoms with Crippen LogP contribution in [0.3, 0.4) is 0 Å². The fraction of sp³-hybridized carbons (Fsp3) is 0.900. The van der Waals surface area contributed by atoms with Crippen LogP contribution in [0.4, 0.5) is 4.39 Å². The Labute approximate surface area is 148 Å². The first-order valence-electron chi connectivity index (χ1n) is 10.0. The first-order chi connectivity index (χ1) is 11.6. The van der Waals surface area contributed by atoms with Gasteiger partial charge in [-0.2, -0.15) is 0 Å². The van der Waals surface area contributed by atoms with Gasteiger partial charge in [-0.25, -0.2) is 4.39 Å². The molecule has 3 atom stereocenters.